The highest BCUT2D eigenvalue weighted by Gasteiger charge is 2.46. The molecule has 0 bridgehead atoms. The molecule has 0 radical (unpaired) electrons. The van der Waals surface area contributed by atoms with Crippen LogP contribution < -0.4 is 11.1 Å². The van der Waals surface area contributed by atoms with Crippen LogP contribution in [0.15, 0.2) is 43.0 Å². The lowest BCUT2D eigenvalue weighted by molar-refractivity contribution is 0.106. The molecular weight excluding hydrogens is 308 g/mol. The Kier molecular flexibility index (Phi) is 8.68. The molecule has 0 aliphatic rings. The average Bonchev–Trinajstić information content (AvgIpc) is 2.60. The minimum Gasteiger partial charge on any atom is -0.376 e. The Labute approximate surface area is 141 Å². The van der Waals surface area contributed by atoms with Crippen LogP contribution in [-0.4, -0.2) is 48.4 Å². The van der Waals surface area contributed by atoms with Gasteiger partial charge in [-0.3, -0.25) is 0 Å². The summed E-state index contributed by atoms with van der Waals surface area (Å²) in [6.07, 6.45) is 2.73. The zero-order valence-corrected chi connectivity index (χ0v) is 15.6. The summed E-state index contributed by atoms with van der Waals surface area (Å²) in [6.45, 7) is 6.62. The summed E-state index contributed by atoms with van der Waals surface area (Å²) in [4.78, 5) is 0. The van der Waals surface area contributed by atoms with E-state index in [4.69, 9.17) is 19.0 Å². The summed E-state index contributed by atoms with van der Waals surface area (Å²) in [5.74, 6) is 0.0879. The number of nitrogens with one attached hydrogen (secondary N) is 1. The van der Waals surface area contributed by atoms with Gasteiger partial charge in [0.2, 0.25) is 0 Å². The molecule has 0 amide bonds. The van der Waals surface area contributed by atoms with E-state index in [0.29, 0.717) is 6.54 Å². The molecule has 0 aliphatic heterocycles. The summed E-state index contributed by atoms with van der Waals surface area (Å²) in [6, 6.07) is 10.1. The highest BCUT2D eigenvalue weighted by molar-refractivity contribution is 6.62. The topological polar surface area (TPSA) is 65.7 Å². The Balaban J connectivity index is 2.75. The van der Waals surface area contributed by atoms with Crippen molar-refractivity contribution in [3.8, 4) is 0 Å². The van der Waals surface area contributed by atoms with E-state index in [-0.39, 0.29) is 17.6 Å². The molecule has 6 heteroatoms. The van der Waals surface area contributed by atoms with Crippen molar-refractivity contribution in [1.82, 2.24) is 5.32 Å². The van der Waals surface area contributed by atoms with Crippen molar-refractivity contribution >= 4 is 8.80 Å². The Morgan fingerprint density at radius 3 is 2.17 bits per heavy atom. The van der Waals surface area contributed by atoms with Crippen LogP contribution in [0.3, 0.4) is 0 Å². The smallest absolute Gasteiger partial charge is 0.376 e. The second kappa shape index (κ2) is 9.97. The first kappa shape index (κ1) is 20.0. The first-order valence-corrected chi connectivity index (χ1v) is 9.70. The van der Waals surface area contributed by atoms with Crippen LogP contribution in [0.1, 0.15) is 24.8 Å². The van der Waals surface area contributed by atoms with Crippen molar-refractivity contribution in [3.05, 3.63) is 48.6 Å². The van der Waals surface area contributed by atoms with Gasteiger partial charge in [0.25, 0.3) is 0 Å². The van der Waals surface area contributed by atoms with Crippen molar-refractivity contribution < 1.29 is 13.3 Å². The fourth-order valence-electron chi connectivity index (χ4n) is 2.83. The van der Waals surface area contributed by atoms with Gasteiger partial charge >= 0.3 is 8.80 Å². The van der Waals surface area contributed by atoms with Gasteiger partial charge in [-0.25, -0.2) is 0 Å². The monoisotopic (exact) mass is 338 g/mol. The fraction of sp³-hybridized carbons (Fsp3) is 0.529. The average molecular weight is 339 g/mol. The largest absolute Gasteiger partial charge is 0.517 e. The van der Waals surface area contributed by atoms with E-state index in [0.717, 1.165) is 6.42 Å². The number of hydrogen-bond donors (Lipinski definition) is 2. The number of nitrogens with two attached hydrogens (primary N) is 1. The van der Waals surface area contributed by atoms with Crippen molar-refractivity contribution in [2.75, 3.05) is 27.9 Å². The SMILES string of the molecule is C=CC(c1ccccc1)C(N)CNC(CC)[Si](OC)(OC)OC. The van der Waals surface area contributed by atoms with Crippen molar-refractivity contribution in [3.63, 3.8) is 0 Å². The lowest BCUT2D eigenvalue weighted by Crippen LogP contribution is -2.61. The highest BCUT2D eigenvalue weighted by Crippen LogP contribution is 2.20. The molecule has 130 valence electrons. The second-order valence-corrected chi connectivity index (χ2v) is 8.55. The number of rotatable bonds is 11. The number of hydrogen-bond acceptors (Lipinski definition) is 5. The standard InChI is InChI=1S/C17H30N2O3Si/c1-6-15(14-11-9-8-10-12-14)16(18)13-19-17(7-2)23(20-3,21-4)22-5/h6,8-12,15-17,19H,1,7,13,18H2,2-5H3. The second-order valence-electron chi connectivity index (χ2n) is 5.42. The van der Waals surface area contributed by atoms with Crippen LogP contribution in [0.5, 0.6) is 0 Å². The van der Waals surface area contributed by atoms with Gasteiger partial charge in [-0.05, 0) is 12.0 Å². The molecule has 3 N–H and O–H groups in total. The van der Waals surface area contributed by atoms with Crippen LogP contribution in [0, 0.1) is 0 Å². The minimum atomic E-state index is -2.73. The van der Waals surface area contributed by atoms with Gasteiger partial charge in [0.1, 0.15) is 0 Å². The Hall–Kier alpha value is -1.02. The maximum Gasteiger partial charge on any atom is 0.517 e. The van der Waals surface area contributed by atoms with E-state index >= 15 is 0 Å². The maximum absolute atomic E-state index is 6.39. The third kappa shape index (κ3) is 4.97. The Morgan fingerprint density at radius 2 is 1.74 bits per heavy atom. The van der Waals surface area contributed by atoms with E-state index in [1.54, 1.807) is 21.3 Å². The van der Waals surface area contributed by atoms with Gasteiger partial charge in [0, 0.05) is 39.8 Å². The molecular formula is C17H30N2O3Si. The van der Waals surface area contributed by atoms with E-state index in [1.165, 1.54) is 5.56 Å². The molecule has 0 saturated carbocycles. The normalized spacial score (nSPS) is 15.9. The molecule has 23 heavy (non-hydrogen) atoms. The van der Waals surface area contributed by atoms with Gasteiger partial charge in [-0.2, -0.15) is 0 Å². The summed E-state index contributed by atoms with van der Waals surface area (Å²) in [5.41, 5.74) is 7.55. The molecule has 0 saturated heterocycles. The van der Waals surface area contributed by atoms with Gasteiger partial charge in [0.15, 0.2) is 0 Å². The number of benzene rings is 1. The molecule has 0 aliphatic carbocycles. The predicted molar refractivity (Wildman–Crippen MR) is 96.2 cm³/mol. The van der Waals surface area contributed by atoms with Crippen LogP contribution in [0.2, 0.25) is 0 Å². The minimum absolute atomic E-state index is 0.00483. The summed E-state index contributed by atoms with van der Waals surface area (Å²) in [5, 5.41) is 3.46. The first-order chi connectivity index (χ1) is 11.1. The molecule has 3 atom stereocenters. The van der Waals surface area contributed by atoms with E-state index < -0.39 is 8.80 Å². The van der Waals surface area contributed by atoms with Gasteiger partial charge in [-0.1, -0.05) is 43.3 Å². The summed E-state index contributed by atoms with van der Waals surface area (Å²) >= 11 is 0. The third-order valence-corrected chi connectivity index (χ3v) is 7.36. The molecule has 0 spiro atoms. The van der Waals surface area contributed by atoms with Gasteiger partial charge < -0.3 is 24.3 Å². The van der Waals surface area contributed by atoms with Crippen LogP contribution >= 0.6 is 0 Å². The van der Waals surface area contributed by atoms with Crippen molar-refractivity contribution in [2.24, 2.45) is 5.73 Å². The Bertz CT molecular complexity index is 446. The Morgan fingerprint density at radius 1 is 1.17 bits per heavy atom. The lowest BCUT2D eigenvalue weighted by atomic mass is 9.92. The van der Waals surface area contributed by atoms with Crippen molar-refractivity contribution in [1.29, 1.82) is 0 Å². The lowest BCUT2D eigenvalue weighted by Gasteiger charge is -2.33. The summed E-state index contributed by atoms with van der Waals surface area (Å²) in [7, 11) is 2.14. The molecule has 1 aromatic carbocycles. The maximum atomic E-state index is 6.39. The van der Waals surface area contributed by atoms with Crippen molar-refractivity contribution in [2.45, 2.75) is 31.0 Å². The molecule has 0 aromatic heterocycles. The zero-order chi connectivity index (χ0) is 17.3. The van der Waals surface area contributed by atoms with Gasteiger partial charge in [0.05, 0.1) is 5.67 Å². The van der Waals surface area contributed by atoms with Crippen LogP contribution in [0.4, 0.5) is 0 Å². The molecule has 0 heterocycles. The van der Waals surface area contributed by atoms with Crippen LogP contribution in [-0.2, 0) is 13.3 Å². The first-order valence-electron chi connectivity index (χ1n) is 7.90. The highest BCUT2D eigenvalue weighted by atomic mass is 28.4. The third-order valence-electron chi connectivity index (χ3n) is 4.19. The molecule has 5 nitrogen and oxygen atoms in total. The van der Waals surface area contributed by atoms with Gasteiger partial charge in [-0.15, -0.1) is 6.58 Å². The van der Waals surface area contributed by atoms with Crippen LogP contribution in [0.25, 0.3) is 0 Å². The zero-order valence-electron chi connectivity index (χ0n) is 14.6. The molecule has 1 rings (SSSR count). The summed E-state index contributed by atoms with van der Waals surface area (Å²) < 4.78 is 16.7. The molecule has 1 aromatic rings. The quantitative estimate of drug-likeness (QED) is 0.478. The fourth-order valence-corrected chi connectivity index (χ4v) is 5.06. The predicted octanol–water partition coefficient (Wildman–Crippen LogP) is 2.07. The molecule has 0 fully saturated rings. The van der Waals surface area contributed by atoms with E-state index in [2.05, 4.69) is 31.0 Å². The van der Waals surface area contributed by atoms with E-state index in [1.807, 2.05) is 24.3 Å². The molecule has 3 unspecified atom stereocenters. The van der Waals surface area contributed by atoms with E-state index in [9.17, 15) is 0 Å².